The van der Waals surface area contributed by atoms with Gasteiger partial charge in [-0.1, -0.05) is 12.1 Å². The summed E-state index contributed by atoms with van der Waals surface area (Å²) in [5, 5.41) is 3.90. The molecule has 8 nitrogen and oxygen atoms in total. The van der Waals surface area contributed by atoms with Crippen molar-refractivity contribution in [3.8, 4) is 0 Å². The molecule has 1 saturated heterocycles. The summed E-state index contributed by atoms with van der Waals surface area (Å²) in [6.07, 6.45) is 1.68. The smallest absolute Gasteiger partial charge is 0.306 e. The molecule has 0 bridgehead atoms. The van der Waals surface area contributed by atoms with Crippen LogP contribution in [0.15, 0.2) is 35.0 Å². The summed E-state index contributed by atoms with van der Waals surface area (Å²) in [5.41, 5.74) is 0. The molecule has 0 radical (unpaired) electrons. The van der Waals surface area contributed by atoms with Gasteiger partial charge in [0.2, 0.25) is 0 Å². The summed E-state index contributed by atoms with van der Waals surface area (Å²) in [7, 11) is 0. The third-order valence-corrected chi connectivity index (χ3v) is 6.88. The Hall–Kier alpha value is -2.72. The minimum Gasteiger partial charge on any atom is -0.456 e. The lowest BCUT2D eigenvalue weighted by Crippen LogP contribution is -2.52. The predicted molar refractivity (Wildman–Crippen MR) is 120 cm³/mol. The highest BCUT2D eigenvalue weighted by atomic mass is 32.1. The Morgan fingerprint density at radius 1 is 0.719 bits per heavy atom. The van der Waals surface area contributed by atoms with Crippen LogP contribution in [0, 0.1) is 0 Å². The average molecular weight is 479 g/mol. The van der Waals surface area contributed by atoms with Gasteiger partial charge in [0, 0.05) is 35.9 Å². The Morgan fingerprint density at radius 2 is 1.12 bits per heavy atom. The van der Waals surface area contributed by atoms with Crippen molar-refractivity contribution in [2.45, 2.75) is 25.7 Å². The van der Waals surface area contributed by atoms with Crippen LogP contribution in [0.3, 0.4) is 0 Å². The molecule has 10 heteroatoms. The number of nitrogens with zero attached hydrogens (tertiary/aromatic N) is 2. The maximum atomic E-state index is 12.3. The second kappa shape index (κ2) is 12.4. The van der Waals surface area contributed by atoms with Crippen LogP contribution in [-0.4, -0.2) is 72.9 Å². The molecule has 172 valence electrons. The molecule has 1 fully saturated rings. The SMILES string of the molecule is O=C(CCc1cccs1)OCC(=O)N1CCN(C(=O)COC(=O)CCc2cccs2)CC1. The van der Waals surface area contributed by atoms with E-state index < -0.39 is 11.9 Å². The average Bonchev–Trinajstić information content (AvgIpc) is 3.52. The molecule has 3 heterocycles. The van der Waals surface area contributed by atoms with Crippen LogP contribution in [0.5, 0.6) is 0 Å². The Morgan fingerprint density at radius 3 is 1.47 bits per heavy atom. The number of hydrogen-bond donors (Lipinski definition) is 0. The number of piperazine rings is 1. The molecule has 1 aliphatic rings. The molecule has 0 saturated carbocycles. The summed E-state index contributed by atoms with van der Waals surface area (Å²) < 4.78 is 10.2. The highest BCUT2D eigenvalue weighted by Gasteiger charge is 2.25. The van der Waals surface area contributed by atoms with Gasteiger partial charge in [0.1, 0.15) is 0 Å². The van der Waals surface area contributed by atoms with E-state index in [1.165, 1.54) is 0 Å². The minimum atomic E-state index is -0.401. The van der Waals surface area contributed by atoms with Gasteiger partial charge in [-0.2, -0.15) is 0 Å². The molecule has 0 aliphatic carbocycles. The van der Waals surface area contributed by atoms with Crippen molar-refractivity contribution in [1.29, 1.82) is 0 Å². The second-order valence-electron chi connectivity index (χ2n) is 7.24. The lowest BCUT2D eigenvalue weighted by atomic mass is 10.2. The van der Waals surface area contributed by atoms with Crippen LogP contribution in [0.1, 0.15) is 22.6 Å². The maximum Gasteiger partial charge on any atom is 0.306 e. The molecule has 0 spiro atoms. The number of hydrogen-bond acceptors (Lipinski definition) is 8. The predicted octanol–water partition coefficient (Wildman–Crippen LogP) is 2.13. The molecule has 0 atom stereocenters. The largest absolute Gasteiger partial charge is 0.456 e. The fraction of sp³-hybridized carbons (Fsp3) is 0.455. The van der Waals surface area contributed by atoms with Crippen LogP contribution >= 0.6 is 22.7 Å². The lowest BCUT2D eigenvalue weighted by molar-refractivity contribution is -0.155. The molecule has 0 N–H and O–H groups in total. The summed E-state index contributed by atoms with van der Waals surface area (Å²) >= 11 is 3.16. The highest BCUT2D eigenvalue weighted by molar-refractivity contribution is 7.10. The quantitative estimate of drug-likeness (QED) is 0.486. The first-order valence-electron chi connectivity index (χ1n) is 10.4. The van der Waals surface area contributed by atoms with Crippen molar-refractivity contribution >= 4 is 46.4 Å². The van der Waals surface area contributed by atoms with Crippen molar-refractivity contribution in [2.24, 2.45) is 0 Å². The van der Waals surface area contributed by atoms with Gasteiger partial charge in [-0.15, -0.1) is 22.7 Å². The fourth-order valence-corrected chi connectivity index (χ4v) is 4.59. The van der Waals surface area contributed by atoms with Gasteiger partial charge in [-0.25, -0.2) is 0 Å². The number of esters is 2. The van der Waals surface area contributed by atoms with Gasteiger partial charge in [0.05, 0.1) is 12.8 Å². The molecule has 0 aromatic carbocycles. The van der Waals surface area contributed by atoms with Crippen molar-refractivity contribution in [3.05, 3.63) is 44.8 Å². The maximum absolute atomic E-state index is 12.3. The van der Waals surface area contributed by atoms with Crippen LogP contribution in [0.2, 0.25) is 0 Å². The number of carbonyl (C=O) groups is 4. The van der Waals surface area contributed by atoms with E-state index in [0.29, 0.717) is 39.0 Å². The number of ether oxygens (including phenoxy) is 2. The van der Waals surface area contributed by atoms with Crippen molar-refractivity contribution in [1.82, 2.24) is 9.80 Å². The van der Waals surface area contributed by atoms with Crippen LogP contribution in [0.25, 0.3) is 0 Å². The zero-order valence-electron chi connectivity index (χ0n) is 17.7. The normalized spacial score (nSPS) is 13.6. The Labute approximate surface area is 194 Å². The standard InChI is InChI=1S/C22H26N2O6S2/c25-19(15-29-21(27)7-5-17-3-1-13-31-17)23-9-11-24(12-10-23)20(26)16-30-22(28)8-6-18-4-2-14-32-18/h1-4,13-14H,5-12,15-16H2. The first kappa shape index (κ1) is 23.9. The van der Waals surface area contributed by atoms with E-state index in [4.69, 9.17) is 9.47 Å². The van der Waals surface area contributed by atoms with Gasteiger partial charge in [0.15, 0.2) is 13.2 Å². The van der Waals surface area contributed by atoms with E-state index in [-0.39, 0.29) is 37.9 Å². The van der Waals surface area contributed by atoms with Gasteiger partial charge < -0.3 is 19.3 Å². The second-order valence-corrected chi connectivity index (χ2v) is 9.31. The zero-order chi connectivity index (χ0) is 22.8. The van der Waals surface area contributed by atoms with Gasteiger partial charge >= 0.3 is 11.9 Å². The van der Waals surface area contributed by atoms with Crippen LogP contribution < -0.4 is 0 Å². The number of aryl methyl sites for hydroxylation is 2. The molecule has 2 amide bonds. The van der Waals surface area contributed by atoms with Crippen LogP contribution in [0.4, 0.5) is 0 Å². The molecule has 32 heavy (non-hydrogen) atoms. The van der Waals surface area contributed by atoms with E-state index in [0.717, 1.165) is 9.75 Å². The van der Waals surface area contributed by atoms with Crippen LogP contribution in [-0.2, 0) is 41.5 Å². The van der Waals surface area contributed by atoms with Gasteiger partial charge in [0.25, 0.3) is 11.8 Å². The zero-order valence-corrected chi connectivity index (χ0v) is 19.3. The summed E-state index contributed by atoms with van der Waals surface area (Å²) in [6.45, 7) is 0.818. The Kier molecular flexibility index (Phi) is 9.24. The first-order valence-corrected chi connectivity index (χ1v) is 12.2. The van der Waals surface area contributed by atoms with E-state index in [1.54, 1.807) is 32.5 Å². The topological polar surface area (TPSA) is 93.2 Å². The molecule has 3 rings (SSSR count). The molecule has 1 aliphatic heterocycles. The van der Waals surface area contributed by atoms with E-state index in [9.17, 15) is 19.2 Å². The molecule has 2 aromatic heterocycles. The number of carbonyl (C=O) groups excluding carboxylic acids is 4. The number of rotatable bonds is 10. The van der Waals surface area contributed by atoms with Gasteiger partial charge in [-0.3, -0.25) is 19.2 Å². The molecular weight excluding hydrogens is 452 g/mol. The minimum absolute atomic E-state index is 0.238. The van der Waals surface area contributed by atoms with E-state index in [1.807, 2.05) is 35.0 Å². The number of thiophene rings is 2. The summed E-state index contributed by atoms with van der Waals surface area (Å²) in [5.74, 6) is -1.36. The highest BCUT2D eigenvalue weighted by Crippen LogP contribution is 2.12. The summed E-state index contributed by atoms with van der Waals surface area (Å²) in [6, 6.07) is 7.76. The number of amides is 2. The molecule has 2 aromatic rings. The van der Waals surface area contributed by atoms with Crippen molar-refractivity contribution in [2.75, 3.05) is 39.4 Å². The lowest BCUT2D eigenvalue weighted by Gasteiger charge is -2.34. The van der Waals surface area contributed by atoms with Crippen molar-refractivity contribution < 1.29 is 28.7 Å². The van der Waals surface area contributed by atoms with E-state index in [2.05, 4.69) is 0 Å². The summed E-state index contributed by atoms with van der Waals surface area (Å²) in [4.78, 5) is 53.5. The third-order valence-electron chi connectivity index (χ3n) is 5.01. The third kappa shape index (κ3) is 7.76. The first-order chi connectivity index (χ1) is 15.5. The molecular formula is C22H26N2O6S2. The monoisotopic (exact) mass is 478 g/mol. The van der Waals surface area contributed by atoms with Crippen molar-refractivity contribution in [3.63, 3.8) is 0 Å². The Balaban J connectivity index is 1.28. The Bertz CT molecular complexity index is 815. The van der Waals surface area contributed by atoms with E-state index >= 15 is 0 Å². The fourth-order valence-electron chi connectivity index (χ4n) is 3.18. The molecule has 0 unspecified atom stereocenters. The van der Waals surface area contributed by atoms with Gasteiger partial charge in [-0.05, 0) is 35.7 Å².